The van der Waals surface area contributed by atoms with Crippen LogP contribution in [0.15, 0.2) is 85.0 Å². The second-order valence-electron chi connectivity index (χ2n) is 10.3. The Morgan fingerprint density at radius 2 is 1.63 bits per heavy atom. The highest BCUT2D eigenvalue weighted by Crippen LogP contribution is 2.45. The van der Waals surface area contributed by atoms with Crippen molar-refractivity contribution in [2.45, 2.75) is 73.6 Å². The molecule has 2 aromatic carbocycles. The lowest BCUT2D eigenvalue weighted by Crippen LogP contribution is -2.04. The SMILES string of the molecule is C=C1C=C(c2ccc(C(=C)C)cc2C)C(C)/C1=C(/C=C\C)c1ccc(CC(CCC)CCC)cc1. The van der Waals surface area contributed by atoms with Crippen LogP contribution in [0.4, 0.5) is 0 Å². The largest absolute Gasteiger partial charge is 0.0955 e. The summed E-state index contributed by atoms with van der Waals surface area (Å²) in [7, 11) is 0. The summed E-state index contributed by atoms with van der Waals surface area (Å²) >= 11 is 0. The molecular formula is C35H44. The predicted octanol–water partition coefficient (Wildman–Crippen LogP) is 10.4. The number of aryl methyl sites for hydroxylation is 1. The van der Waals surface area contributed by atoms with Gasteiger partial charge >= 0.3 is 0 Å². The van der Waals surface area contributed by atoms with Crippen molar-refractivity contribution in [1.82, 2.24) is 0 Å². The number of benzene rings is 2. The molecule has 0 fully saturated rings. The highest BCUT2D eigenvalue weighted by molar-refractivity contribution is 5.90. The Labute approximate surface area is 214 Å². The molecule has 0 bridgehead atoms. The second-order valence-corrected chi connectivity index (χ2v) is 10.3. The first-order valence-corrected chi connectivity index (χ1v) is 13.4. The van der Waals surface area contributed by atoms with Crippen LogP contribution in [-0.4, -0.2) is 0 Å². The number of hydrogen-bond donors (Lipinski definition) is 0. The van der Waals surface area contributed by atoms with Crippen LogP contribution in [-0.2, 0) is 6.42 Å². The molecule has 184 valence electrons. The van der Waals surface area contributed by atoms with E-state index in [1.807, 2.05) is 0 Å². The van der Waals surface area contributed by atoms with Crippen molar-refractivity contribution in [2.75, 3.05) is 0 Å². The first kappa shape index (κ1) is 26.7. The summed E-state index contributed by atoms with van der Waals surface area (Å²) in [5.41, 5.74) is 12.8. The summed E-state index contributed by atoms with van der Waals surface area (Å²) in [6.07, 6.45) is 13.1. The maximum Gasteiger partial charge on any atom is 0.00791 e. The van der Waals surface area contributed by atoms with Gasteiger partial charge in [0.15, 0.2) is 0 Å². The fraction of sp³-hybridized carbons (Fsp3) is 0.371. The summed E-state index contributed by atoms with van der Waals surface area (Å²) in [6.45, 7) is 21.9. The van der Waals surface area contributed by atoms with E-state index in [2.05, 4.69) is 115 Å². The Bertz CT molecular complexity index is 1140. The summed E-state index contributed by atoms with van der Waals surface area (Å²) < 4.78 is 0. The smallest absolute Gasteiger partial charge is 0.00791 e. The van der Waals surface area contributed by atoms with Crippen molar-refractivity contribution < 1.29 is 0 Å². The molecule has 0 amide bonds. The molecule has 0 N–H and O–H groups in total. The van der Waals surface area contributed by atoms with Crippen LogP contribution in [0.5, 0.6) is 0 Å². The van der Waals surface area contributed by atoms with E-state index < -0.39 is 0 Å². The molecular weight excluding hydrogens is 420 g/mol. The molecule has 0 radical (unpaired) electrons. The molecule has 0 aromatic heterocycles. The van der Waals surface area contributed by atoms with Gasteiger partial charge in [0.05, 0.1) is 0 Å². The van der Waals surface area contributed by atoms with Crippen LogP contribution in [0.2, 0.25) is 0 Å². The average molecular weight is 465 g/mol. The van der Waals surface area contributed by atoms with E-state index in [-0.39, 0.29) is 0 Å². The van der Waals surface area contributed by atoms with Gasteiger partial charge in [-0.05, 0) is 83.2 Å². The zero-order valence-electron chi connectivity index (χ0n) is 22.9. The summed E-state index contributed by atoms with van der Waals surface area (Å²) in [5, 5.41) is 0. The van der Waals surface area contributed by atoms with E-state index in [4.69, 9.17) is 0 Å². The molecule has 1 atom stereocenters. The van der Waals surface area contributed by atoms with Gasteiger partial charge in [0.2, 0.25) is 0 Å². The zero-order valence-corrected chi connectivity index (χ0v) is 22.9. The van der Waals surface area contributed by atoms with Crippen LogP contribution < -0.4 is 0 Å². The van der Waals surface area contributed by atoms with Crippen LogP contribution in [0, 0.1) is 18.8 Å². The average Bonchev–Trinajstić information content (AvgIpc) is 3.11. The van der Waals surface area contributed by atoms with Gasteiger partial charge in [-0.15, -0.1) is 0 Å². The summed E-state index contributed by atoms with van der Waals surface area (Å²) in [6, 6.07) is 16.0. The van der Waals surface area contributed by atoms with E-state index >= 15 is 0 Å². The summed E-state index contributed by atoms with van der Waals surface area (Å²) in [4.78, 5) is 0. The molecule has 0 heteroatoms. The van der Waals surface area contributed by atoms with E-state index in [0.29, 0.717) is 5.92 Å². The fourth-order valence-electron chi connectivity index (χ4n) is 5.62. The number of hydrogen-bond acceptors (Lipinski definition) is 0. The van der Waals surface area contributed by atoms with E-state index in [1.165, 1.54) is 76.6 Å². The van der Waals surface area contributed by atoms with Gasteiger partial charge in [-0.2, -0.15) is 0 Å². The Morgan fingerprint density at radius 1 is 1.00 bits per heavy atom. The van der Waals surface area contributed by atoms with Crippen molar-refractivity contribution in [3.63, 3.8) is 0 Å². The van der Waals surface area contributed by atoms with Crippen molar-refractivity contribution in [1.29, 1.82) is 0 Å². The molecule has 1 aliphatic carbocycles. The van der Waals surface area contributed by atoms with Crippen molar-refractivity contribution >= 4 is 16.7 Å². The lowest BCUT2D eigenvalue weighted by atomic mass is 9.85. The second kappa shape index (κ2) is 12.2. The number of rotatable bonds is 10. The Kier molecular flexibility index (Phi) is 9.33. The van der Waals surface area contributed by atoms with E-state index in [1.54, 1.807) is 0 Å². The van der Waals surface area contributed by atoms with Crippen molar-refractivity contribution in [2.24, 2.45) is 11.8 Å². The third kappa shape index (κ3) is 6.23. The normalized spacial score (nSPS) is 17.4. The first-order chi connectivity index (χ1) is 16.8. The Balaban J connectivity index is 1.94. The quantitative estimate of drug-likeness (QED) is 0.328. The highest BCUT2D eigenvalue weighted by Gasteiger charge is 2.27. The lowest BCUT2D eigenvalue weighted by molar-refractivity contribution is 0.438. The molecule has 1 aliphatic rings. The molecule has 1 unspecified atom stereocenters. The minimum Gasteiger partial charge on any atom is -0.0955 e. The van der Waals surface area contributed by atoms with Crippen LogP contribution in [0.3, 0.4) is 0 Å². The van der Waals surface area contributed by atoms with Crippen molar-refractivity contribution in [3.8, 4) is 0 Å². The molecule has 0 spiro atoms. The topological polar surface area (TPSA) is 0 Å². The molecule has 0 saturated carbocycles. The lowest BCUT2D eigenvalue weighted by Gasteiger charge is -2.19. The minimum atomic E-state index is 0.293. The molecule has 3 rings (SSSR count). The third-order valence-electron chi connectivity index (χ3n) is 7.41. The highest BCUT2D eigenvalue weighted by atomic mass is 14.3. The van der Waals surface area contributed by atoms with Gasteiger partial charge in [-0.3, -0.25) is 0 Å². The van der Waals surface area contributed by atoms with Crippen LogP contribution in [0.1, 0.15) is 88.1 Å². The molecule has 0 heterocycles. The predicted molar refractivity (Wildman–Crippen MR) is 157 cm³/mol. The minimum absolute atomic E-state index is 0.293. The maximum atomic E-state index is 4.48. The first-order valence-electron chi connectivity index (χ1n) is 13.4. The van der Waals surface area contributed by atoms with Gasteiger partial charge in [0, 0.05) is 5.92 Å². The molecule has 2 aromatic rings. The molecule has 35 heavy (non-hydrogen) atoms. The monoisotopic (exact) mass is 464 g/mol. The fourth-order valence-corrected chi connectivity index (χ4v) is 5.62. The Morgan fingerprint density at radius 3 is 2.17 bits per heavy atom. The van der Waals surface area contributed by atoms with Crippen LogP contribution in [0.25, 0.3) is 16.7 Å². The van der Waals surface area contributed by atoms with Crippen molar-refractivity contribution in [3.05, 3.63) is 113 Å². The van der Waals surface area contributed by atoms with Gasteiger partial charge < -0.3 is 0 Å². The number of allylic oxidation sites excluding steroid dienone is 8. The maximum absolute atomic E-state index is 4.48. The molecule has 0 aliphatic heterocycles. The van der Waals surface area contributed by atoms with Gasteiger partial charge in [0.1, 0.15) is 0 Å². The van der Waals surface area contributed by atoms with Crippen LogP contribution >= 0.6 is 0 Å². The Hall–Kier alpha value is -2.86. The van der Waals surface area contributed by atoms with E-state index in [9.17, 15) is 0 Å². The zero-order chi connectivity index (χ0) is 25.5. The standard InChI is InChI=1S/C35H44/c1-9-12-28(13-10-2)23-29-15-17-30(18-16-29)33(14-11-3)35-26(7)22-34(27(35)8)32-20-19-31(24(4)5)21-25(32)6/h11,14-22,27-28H,4,7,9-10,12-13,23H2,1-3,5-6,8H3/b14-11-,35-33-. The third-order valence-corrected chi connectivity index (χ3v) is 7.41. The summed E-state index contributed by atoms with van der Waals surface area (Å²) in [5.74, 6) is 1.09. The van der Waals surface area contributed by atoms with E-state index in [0.717, 1.165) is 17.1 Å². The van der Waals surface area contributed by atoms with Gasteiger partial charge in [0.25, 0.3) is 0 Å². The van der Waals surface area contributed by atoms with Gasteiger partial charge in [-0.1, -0.05) is 126 Å². The van der Waals surface area contributed by atoms with Gasteiger partial charge in [-0.25, -0.2) is 0 Å². The molecule has 0 nitrogen and oxygen atoms in total. The molecule has 0 saturated heterocycles.